The second-order valence-electron chi connectivity index (χ2n) is 6.16. The second-order valence-corrected chi connectivity index (χ2v) is 8.21. The number of carbonyl (C=O) groups is 1. The molecule has 8 heteroatoms. The van der Waals surface area contributed by atoms with E-state index in [1.165, 1.54) is 7.11 Å². The van der Waals surface area contributed by atoms with Crippen molar-refractivity contribution < 1.29 is 28.1 Å². The zero-order valence-electron chi connectivity index (χ0n) is 16.1. The number of ether oxygens (including phenoxy) is 3. The highest BCUT2D eigenvalue weighted by Crippen LogP contribution is 2.44. The molecule has 3 unspecified atom stereocenters. The molecular weight excluding hydrogens is 357 g/mol. The molecule has 0 saturated heterocycles. The van der Waals surface area contributed by atoms with Gasteiger partial charge in [0.05, 0.1) is 6.10 Å². The van der Waals surface area contributed by atoms with Crippen molar-refractivity contribution in [3.63, 3.8) is 0 Å². The largest absolute Gasteiger partial charge is 0.462 e. The molecule has 148 valence electrons. The quantitative estimate of drug-likeness (QED) is 0.330. The van der Waals surface area contributed by atoms with Crippen molar-refractivity contribution in [2.45, 2.75) is 59.0 Å². The number of para-hydroxylation sites is 1. The SMILES string of the molecule is CCCC(OC)OCP(=O)(NC(C)C(=O)OC(C)C)Oc1ccccc1. The van der Waals surface area contributed by atoms with Gasteiger partial charge in [-0.25, -0.2) is 5.09 Å². The monoisotopic (exact) mass is 387 g/mol. The van der Waals surface area contributed by atoms with E-state index < -0.39 is 25.8 Å². The Morgan fingerprint density at radius 2 is 1.85 bits per heavy atom. The number of methoxy groups -OCH3 is 1. The molecule has 0 heterocycles. The van der Waals surface area contributed by atoms with Crippen molar-refractivity contribution in [2.75, 3.05) is 13.5 Å². The molecule has 1 aromatic rings. The summed E-state index contributed by atoms with van der Waals surface area (Å²) < 4.78 is 34.9. The highest BCUT2D eigenvalue weighted by molar-refractivity contribution is 7.57. The summed E-state index contributed by atoms with van der Waals surface area (Å²) in [6.07, 6.45) is 0.520. The number of esters is 1. The number of benzene rings is 1. The van der Waals surface area contributed by atoms with Gasteiger partial charge in [-0.05, 0) is 39.3 Å². The van der Waals surface area contributed by atoms with Gasteiger partial charge in [0.1, 0.15) is 11.8 Å². The van der Waals surface area contributed by atoms with Crippen molar-refractivity contribution in [1.82, 2.24) is 5.09 Å². The van der Waals surface area contributed by atoms with Crippen molar-refractivity contribution in [3.05, 3.63) is 30.3 Å². The fourth-order valence-corrected chi connectivity index (χ4v) is 3.81. The summed E-state index contributed by atoms with van der Waals surface area (Å²) in [7, 11) is -2.01. The van der Waals surface area contributed by atoms with Crippen LogP contribution in [0.1, 0.15) is 40.5 Å². The fraction of sp³-hybridized carbons (Fsp3) is 0.611. The number of hydrogen-bond donors (Lipinski definition) is 1. The zero-order valence-corrected chi connectivity index (χ0v) is 17.0. The molecule has 0 aliphatic heterocycles. The maximum absolute atomic E-state index is 13.3. The minimum Gasteiger partial charge on any atom is -0.462 e. The zero-order chi connectivity index (χ0) is 19.6. The maximum Gasteiger partial charge on any atom is 0.342 e. The summed E-state index contributed by atoms with van der Waals surface area (Å²) in [6.45, 7) is 7.08. The third-order valence-corrected chi connectivity index (χ3v) is 5.08. The molecular formula is C18H30NO6P. The Hall–Kier alpha value is -1.40. The van der Waals surface area contributed by atoms with Gasteiger partial charge in [0.15, 0.2) is 12.6 Å². The van der Waals surface area contributed by atoms with Crippen molar-refractivity contribution in [1.29, 1.82) is 0 Å². The molecule has 1 N–H and O–H groups in total. The summed E-state index contributed by atoms with van der Waals surface area (Å²) in [4.78, 5) is 12.1. The lowest BCUT2D eigenvalue weighted by Crippen LogP contribution is -2.37. The van der Waals surface area contributed by atoms with E-state index in [4.69, 9.17) is 18.7 Å². The Balaban J connectivity index is 2.86. The molecule has 0 bridgehead atoms. The van der Waals surface area contributed by atoms with Crippen LogP contribution < -0.4 is 9.61 Å². The summed E-state index contributed by atoms with van der Waals surface area (Å²) in [5, 5.41) is 2.75. The lowest BCUT2D eigenvalue weighted by atomic mass is 10.3. The minimum absolute atomic E-state index is 0.236. The minimum atomic E-state index is -3.54. The molecule has 0 aliphatic carbocycles. The second kappa shape index (κ2) is 11.3. The Morgan fingerprint density at radius 3 is 2.38 bits per heavy atom. The molecule has 0 aromatic heterocycles. The lowest BCUT2D eigenvalue weighted by Gasteiger charge is -2.25. The van der Waals surface area contributed by atoms with E-state index in [1.54, 1.807) is 45.0 Å². The van der Waals surface area contributed by atoms with Gasteiger partial charge in [-0.1, -0.05) is 31.5 Å². The number of carbonyl (C=O) groups excluding carboxylic acids is 1. The molecule has 0 amide bonds. The van der Waals surface area contributed by atoms with Crippen LogP contribution in [0, 0.1) is 0 Å². The Labute approximate surface area is 155 Å². The van der Waals surface area contributed by atoms with Crippen LogP contribution in [-0.4, -0.2) is 37.9 Å². The average molecular weight is 387 g/mol. The van der Waals surface area contributed by atoms with Gasteiger partial charge in [-0.15, -0.1) is 0 Å². The molecule has 7 nitrogen and oxygen atoms in total. The van der Waals surface area contributed by atoms with Gasteiger partial charge in [0.25, 0.3) is 0 Å². The van der Waals surface area contributed by atoms with Crippen molar-refractivity contribution in [2.24, 2.45) is 0 Å². The van der Waals surface area contributed by atoms with Crippen LogP contribution in [0.2, 0.25) is 0 Å². The van der Waals surface area contributed by atoms with Crippen LogP contribution in [0.25, 0.3) is 0 Å². The predicted molar refractivity (Wildman–Crippen MR) is 100 cm³/mol. The molecule has 0 radical (unpaired) electrons. The molecule has 0 aliphatic rings. The van der Waals surface area contributed by atoms with E-state index in [0.29, 0.717) is 12.2 Å². The lowest BCUT2D eigenvalue weighted by molar-refractivity contribution is -0.149. The molecule has 0 saturated carbocycles. The summed E-state index contributed by atoms with van der Waals surface area (Å²) >= 11 is 0. The fourth-order valence-electron chi connectivity index (χ4n) is 2.11. The summed E-state index contributed by atoms with van der Waals surface area (Å²) in [5.74, 6) is -0.0884. The third-order valence-electron chi connectivity index (χ3n) is 3.31. The molecule has 1 aromatic carbocycles. The Bertz CT molecular complexity index is 580. The van der Waals surface area contributed by atoms with Gasteiger partial charge >= 0.3 is 13.5 Å². The van der Waals surface area contributed by atoms with Crippen LogP contribution in [0.4, 0.5) is 0 Å². The van der Waals surface area contributed by atoms with Crippen LogP contribution in [-0.2, 0) is 23.6 Å². The molecule has 1 rings (SSSR count). The molecule has 0 spiro atoms. The van der Waals surface area contributed by atoms with Gasteiger partial charge < -0.3 is 18.7 Å². The van der Waals surface area contributed by atoms with Gasteiger partial charge in [-0.3, -0.25) is 9.36 Å². The van der Waals surface area contributed by atoms with E-state index in [1.807, 2.05) is 13.0 Å². The van der Waals surface area contributed by atoms with Gasteiger partial charge in [0.2, 0.25) is 0 Å². The molecule has 3 atom stereocenters. The standard InChI is InChI=1S/C18H30NO6P/c1-6-10-17(22-5)23-13-26(21,25-16-11-8-7-9-12-16)19-15(4)18(20)24-14(2)3/h7-9,11-12,14-15,17H,6,10,13H2,1-5H3,(H,19,21). The smallest absolute Gasteiger partial charge is 0.342 e. The topological polar surface area (TPSA) is 83.1 Å². The normalized spacial score (nSPS) is 15.9. The van der Waals surface area contributed by atoms with Crippen LogP contribution in [0.5, 0.6) is 5.75 Å². The van der Waals surface area contributed by atoms with E-state index in [0.717, 1.165) is 6.42 Å². The summed E-state index contributed by atoms with van der Waals surface area (Å²) in [6, 6.07) is 7.92. The Morgan fingerprint density at radius 1 is 1.19 bits per heavy atom. The molecule has 26 heavy (non-hydrogen) atoms. The van der Waals surface area contributed by atoms with Gasteiger partial charge in [-0.2, -0.15) is 0 Å². The van der Waals surface area contributed by atoms with E-state index in [-0.39, 0.29) is 12.5 Å². The van der Waals surface area contributed by atoms with Crippen LogP contribution in [0.3, 0.4) is 0 Å². The van der Waals surface area contributed by atoms with Crippen LogP contribution >= 0.6 is 7.52 Å². The van der Waals surface area contributed by atoms with Crippen molar-refractivity contribution >= 4 is 13.5 Å². The first-order chi connectivity index (χ1) is 12.3. The number of hydrogen-bond acceptors (Lipinski definition) is 6. The van der Waals surface area contributed by atoms with E-state index in [2.05, 4.69) is 5.09 Å². The maximum atomic E-state index is 13.3. The number of rotatable bonds is 12. The average Bonchev–Trinajstić information content (AvgIpc) is 2.58. The highest BCUT2D eigenvalue weighted by Gasteiger charge is 2.32. The van der Waals surface area contributed by atoms with E-state index in [9.17, 15) is 9.36 Å². The Kier molecular flexibility index (Phi) is 9.88. The molecule has 0 fully saturated rings. The third kappa shape index (κ3) is 8.32. The summed E-state index contributed by atoms with van der Waals surface area (Å²) in [5.41, 5.74) is 0. The highest BCUT2D eigenvalue weighted by atomic mass is 31.2. The first-order valence-electron chi connectivity index (χ1n) is 8.76. The van der Waals surface area contributed by atoms with Crippen molar-refractivity contribution in [3.8, 4) is 5.75 Å². The van der Waals surface area contributed by atoms with Gasteiger partial charge in [0, 0.05) is 7.11 Å². The number of nitrogens with one attached hydrogen (secondary N) is 1. The predicted octanol–water partition coefficient (Wildman–Crippen LogP) is 3.93. The van der Waals surface area contributed by atoms with E-state index >= 15 is 0 Å². The van der Waals surface area contributed by atoms with Crippen LogP contribution in [0.15, 0.2) is 30.3 Å². The first kappa shape index (κ1) is 22.6. The first-order valence-corrected chi connectivity index (χ1v) is 10.6.